The third-order valence-corrected chi connectivity index (χ3v) is 2.48. The molecule has 0 saturated heterocycles. The molecule has 0 rings (SSSR count). The van der Waals surface area contributed by atoms with Crippen molar-refractivity contribution in [3.63, 3.8) is 0 Å². The number of rotatable bonds is 3. The van der Waals surface area contributed by atoms with Gasteiger partial charge >= 0.3 is 0 Å². The molecule has 0 aromatic heterocycles. The van der Waals surface area contributed by atoms with Crippen molar-refractivity contribution < 1.29 is 0 Å². The Morgan fingerprint density at radius 3 is 2.27 bits per heavy atom. The smallest absolute Gasteiger partial charge is 0.0930 e. The van der Waals surface area contributed by atoms with E-state index in [-0.39, 0.29) is 5.41 Å². The van der Waals surface area contributed by atoms with Gasteiger partial charge in [0, 0.05) is 17.2 Å². The molecule has 0 unspecified atom stereocenters. The molecule has 0 aromatic rings. The lowest BCUT2D eigenvalue weighted by Gasteiger charge is -2.26. The summed E-state index contributed by atoms with van der Waals surface area (Å²) in [6.45, 7) is 6.25. The van der Waals surface area contributed by atoms with Crippen LogP contribution in [0.3, 0.4) is 0 Å². The third kappa shape index (κ3) is 2.27. The highest BCUT2D eigenvalue weighted by Crippen LogP contribution is 2.30. The Labute approximate surface area is 68.7 Å². The number of nitrogens with two attached hydrogens (primary N) is 1. The van der Waals surface area contributed by atoms with E-state index < -0.39 is 0 Å². The number of hydrogen-bond acceptors (Lipinski definition) is 2. The zero-order chi connectivity index (χ0) is 8.91. The van der Waals surface area contributed by atoms with Crippen LogP contribution in [0.1, 0.15) is 33.6 Å². The van der Waals surface area contributed by atoms with Gasteiger partial charge in [-0.25, -0.2) is 0 Å². The molecule has 2 heteroatoms. The fourth-order valence-corrected chi connectivity index (χ4v) is 0.902. The molecule has 2 nitrogen and oxygen atoms in total. The van der Waals surface area contributed by atoms with Crippen molar-refractivity contribution >= 4 is 0 Å². The van der Waals surface area contributed by atoms with Crippen molar-refractivity contribution in [1.82, 2.24) is 0 Å². The van der Waals surface area contributed by atoms with E-state index >= 15 is 0 Å². The molecule has 11 heavy (non-hydrogen) atoms. The van der Waals surface area contributed by atoms with Crippen LogP contribution in [-0.4, -0.2) is 0 Å². The SMILES string of the molecule is CCC(C)(CC)/C(N)=C/C#N. The second kappa shape index (κ2) is 4.02. The molecule has 62 valence electrons. The Balaban J connectivity index is 4.52. The summed E-state index contributed by atoms with van der Waals surface area (Å²) in [6, 6.07) is 1.95. The average molecular weight is 152 g/mol. The molecule has 0 aliphatic rings. The van der Waals surface area contributed by atoms with Crippen molar-refractivity contribution in [2.45, 2.75) is 33.6 Å². The maximum Gasteiger partial charge on any atom is 0.0930 e. The molecule has 0 heterocycles. The zero-order valence-corrected chi connectivity index (χ0v) is 7.52. The molecule has 0 atom stereocenters. The Kier molecular flexibility index (Phi) is 3.67. The van der Waals surface area contributed by atoms with Crippen LogP contribution in [0.15, 0.2) is 11.8 Å². The molecule has 0 aliphatic heterocycles. The molecule has 0 spiro atoms. The summed E-state index contributed by atoms with van der Waals surface area (Å²) >= 11 is 0. The fourth-order valence-electron chi connectivity index (χ4n) is 0.902. The fraction of sp³-hybridized carbons (Fsp3) is 0.667. The summed E-state index contributed by atoms with van der Waals surface area (Å²) in [5.74, 6) is 0. The molecule has 0 aromatic carbocycles. The van der Waals surface area contributed by atoms with Gasteiger partial charge in [0.2, 0.25) is 0 Å². The third-order valence-electron chi connectivity index (χ3n) is 2.48. The molecule has 0 radical (unpaired) electrons. The number of nitriles is 1. The number of hydrogen-bond donors (Lipinski definition) is 1. The van der Waals surface area contributed by atoms with Gasteiger partial charge in [0.1, 0.15) is 0 Å². The minimum atomic E-state index is 0.00965. The standard InChI is InChI=1S/C9H16N2/c1-4-9(3,5-2)8(11)6-7-10/h6H,4-5,11H2,1-3H3/b8-6-. The van der Waals surface area contributed by atoms with Gasteiger partial charge in [-0.2, -0.15) is 5.26 Å². The van der Waals surface area contributed by atoms with Crippen LogP contribution in [-0.2, 0) is 0 Å². The second-order valence-corrected chi connectivity index (χ2v) is 3.00. The highest BCUT2D eigenvalue weighted by molar-refractivity contribution is 5.17. The Morgan fingerprint density at radius 2 is 2.00 bits per heavy atom. The second-order valence-electron chi connectivity index (χ2n) is 3.00. The van der Waals surface area contributed by atoms with E-state index in [2.05, 4.69) is 20.8 Å². The van der Waals surface area contributed by atoms with E-state index in [1.54, 1.807) is 0 Å². The van der Waals surface area contributed by atoms with E-state index in [0.29, 0.717) is 5.70 Å². The summed E-state index contributed by atoms with van der Waals surface area (Å²) in [6.07, 6.45) is 3.40. The largest absolute Gasteiger partial charge is 0.401 e. The Morgan fingerprint density at radius 1 is 1.55 bits per heavy atom. The first-order valence-electron chi connectivity index (χ1n) is 3.96. The Bertz CT molecular complexity index is 182. The first kappa shape index (κ1) is 10.0. The number of allylic oxidation sites excluding steroid dienone is 2. The minimum absolute atomic E-state index is 0.00965. The highest BCUT2D eigenvalue weighted by atomic mass is 14.6. The predicted molar refractivity (Wildman–Crippen MR) is 46.6 cm³/mol. The van der Waals surface area contributed by atoms with Crippen LogP contribution in [0.25, 0.3) is 0 Å². The van der Waals surface area contributed by atoms with Crippen molar-refractivity contribution in [3.05, 3.63) is 11.8 Å². The van der Waals surface area contributed by atoms with E-state index in [1.165, 1.54) is 6.08 Å². The summed E-state index contributed by atoms with van der Waals surface area (Å²) in [5, 5.41) is 8.38. The lowest BCUT2D eigenvalue weighted by molar-refractivity contribution is 0.364. The van der Waals surface area contributed by atoms with Gasteiger partial charge in [0.15, 0.2) is 0 Å². The van der Waals surface area contributed by atoms with Gasteiger partial charge in [-0.15, -0.1) is 0 Å². The van der Waals surface area contributed by atoms with Crippen LogP contribution in [0.4, 0.5) is 0 Å². The van der Waals surface area contributed by atoms with Gasteiger partial charge in [0.25, 0.3) is 0 Å². The van der Waals surface area contributed by atoms with E-state index in [1.807, 2.05) is 6.07 Å². The van der Waals surface area contributed by atoms with Crippen molar-refractivity contribution in [3.8, 4) is 6.07 Å². The monoisotopic (exact) mass is 152 g/mol. The highest BCUT2D eigenvalue weighted by Gasteiger charge is 2.22. The van der Waals surface area contributed by atoms with Crippen LogP contribution in [0.5, 0.6) is 0 Å². The van der Waals surface area contributed by atoms with E-state index in [4.69, 9.17) is 11.0 Å². The first-order valence-corrected chi connectivity index (χ1v) is 3.96. The molecule has 0 amide bonds. The quantitative estimate of drug-likeness (QED) is 0.630. The molecule has 0 saturated carbocycles. The summed E-state index contributed by atoms with van der Waals surface area (Å²) in [7, 11) is 0. The van der Waals surface area contributed by atoms with Crippen molar-refractivity contribution in [1.29, 1.82) is 5.26 Å². The molecule has 0 aliphatic carbocycles. The Hall–Kier alpha value is -0.970. The number of nitrogens with zero attached hydrogens (tertiary/aromatic N) is 1. The molecule has 0 bridgehead atoms. The van der Waals surface area contributed by atoms with Crippen LogP contribution in [0.2, 0.25) is 0 Å². The summed E-state index contributed by atoms with van der Waals surface area (Å²) in [5.41, 5.74) is 6.43. The van der Waals surface area contributed by atoms with Crippen LogP contribution >= 0.6 is 0 Å². The van der Waals surface area contributed by atoms with Gasteiger partial charge in [-0.3, -0.25) is 0 Å². The van der Waals surface area contributed by atoms with E-state index in [0.717, 1.165) is 12.8 Å². The van der Waals surface area contributed by atoms with Gasteiger partial charge < -0.3 is 5.73 Å². The minimum Gasteiger partial charge on any atom is -0.401 e. The summed E-state index contributed by atoms with van der Waals surface area (Å²) in [4.78, 5) is 0. The van der Waals surface area contributed by atoms with Gasteiger partial charge in [0.05, 0.1) is 6.07 Å². The van der Waals surface area contributed by atoms with Crippen molar-refractivity contribution in [2.24, 2.45) is 11.1 Å². The molecular weight excluding hydrogens is 136 g/mol. The molecular formula is C9H16N2. The van der Waals surface area contributed by atoms with Crippen LogP contribution < -0.4 is 5.73 Å². The lowest BCUT2D eigenvalue weighted by atomic mass is 9.81. The molecule has 2 N–H and O–H groups in total. The maximum atomic E-state index is 8.38. The van der Waals surface area contributed by atoms with Gasteiger partial charge in [-0.1, -0.05) is 20.8 Å². The lowest BCUT2D eigenvalue weighted by Crippen LogP contribution is -2.22. The van der Waals surface area contributed by atoms with Crippen molar-refractivity contribution in [2.75, 3.05) is 0 Å². The first-order chi connectivity index (χ1) is 5.10. The van der Waals surface area contributed by atoms with Gasteiger partial charge in [-0.05, 0) is 12.8 Å². The normalized spacial score (nSPS) is 12.7. The molecule has 0 fully saturated rings. The topological polar surface area (TPSA) is 49.8 Å². The predicted octanol–water partition coefficient (Wildman–Crippen LogP) is 2.18. The van der Waals surface area contributed by atoms with E-state index in [9.17, 15) is 0 Å². The zero-order valence-electron chi connectivity index (χ0n) is 7.52. The van der Waals surface area contributed by atoms with Crippen LogP contribution in [0, 0.1) is 16.7 Å². The summed E-state index contributed by atoms with van der Waals surface area (Å²) < 4.78 is 0. The average Bonchev–Trinajstić information content (AvgIpc) is 2.03. The maximum absolute atomic E-state index is 8.38.